The molecule has 1 aromatic carbocycles. The molecule has 0 amide bonds. The van der Waals surface area contributed by atoms with Gasteiger partial charge in [0.15, 0.2) is 5.75 Å². The number of rotatable bonds is 3. The third-order valence-electron chi connectivity index (χ3n) is 4.34. The zero-order chi connectivity index (χ0) is 15.9. The first kappa shape index (κ1) is 15.7. The van der Waals surface area contributed by atoms with Crippen LogP contribution < -0.4 is 14.9 Å². The lowest BCUT2D eigenvalue weighted by Crippen LogP contribution is -2.39. The molecule has 1 aromatic rings. The normalized spacial score (nSPS) is 24.5. The minimum atomic E-state index is 0.00797. The Bertz CT molecular complexity index is 621. The third kappa shape index (κ3) is 2.51. The standard InChI is InChI=1S/C15H19Cl2N3O2/c1-20-5-4-11-9(7-20)13(19-18-11)8-6-10(16)15(22-3)12(17)14(8)21-2/h6,9,13,19H,4-5,7H2,1-3H3. The van der Waals surface area contributed by atoms with Crippen molar-refractivity contribution in [2.75, 3.05) is 34.4 Å². The van der Waals surface area contributed by atoms with Crippen LogP contribution in [0.4, 0.5) is 0 Å². The quantitative estimate of drug-likeness (QED) is 0.916. The van der Waals surface area contributed by atoms with E-state index >= 15 is 0 Å². The van der Waals surface area contributed by atoms with E-state index in [1.165, 1.54) is 12.8 Å². The van der Waals surface area contributed by atoms with Crippen molar-refractivity contribution in [3.63, 3.8) is 0 Å². The van der Waals surface area contributed by atoms with Crippen LogP contribution in [0.5, 0.6) is 11.5 Å². The van der Waals surface area contributed by atoms with Crippen molar-refractivity contribution in [2.24, 2.45) is 11.0 Å². The summed E-state index contributed by atoms with van der Waals surface area (Å²) in [6, 6.07) is 1.86. The van der Waals surface area contributed by atoms with Gasteiger partial charge in [-0.3, -0.25) is 0 Å². The second-order valence-corrected chi connectivity index (χ2v) is 6.44. The van der Waals surface area contributed by atoms with Crippen molar-refractivity contribution >= 4 is 28.9 Å². The number of hydrogen-bond acceptors (Lipinski definition) is 5. The molecule has 0 aliphatic carbocycles. The van der Waals surface area contributed by atoms with Crippen molar-refractivity contribution in [1.82, 2.24) is 10.3 Å². The Morgan fingerprint density at radius 2 is 2.00 bits per heavy atom. The van der Waals surface area contributed by atoms with E-state index in [-0.39, 0.29) is 6.04 Å². The Labute approximate surface area is 140 Å². The Hall–Kier alpha value is -1.17. The zero-order valence-corrected chi connectivity index (χ0v) is 14.3. The highest BCUT2D eigenvalue weighted by Gasteiger charge is 2.38. The number of piperidine rings is 1. The lowest BCUT2D eigenvalue weighted by Gasteiger charge is -2.31. The molecule has 2 atom stereocenters. The predicted octanol–water partition coefficient (Wildman–Crippen LogP) is 2.96. The molecular weight excluding hydrogens is 325 g/mol. The van der Waals surface area contributed by atoms with Crippen LogP contribution in [-0.2, 0) is 0 Å². The first-order chi connectivity index (χ1) is 10.6. The fourth-order valence-electron chi connectivity index (χ4n) is 3.22. The van der Waals surface area contributed by atoms with E-state index < -0.39 is 0 Å². The number of nitrogens with one attached hydrogen (secondary N) is 1. The van der Waals surface area contributed by atoms with Crippen LogP contribution in [0.3, 0.4) is 0 Å². The monoisotopic (exact) mass is 343 g/mol. The highest BCUT2D eigenvalue weighted by molar-refractivity contribution is 6.38. The van der Waals surface area contributed by atoms with Gasteiger partial charge in [0.1, 0.15) is 10.8 Å². The van der Waals surface area contributed by atoms with E-state index in [0.717, 1.165) is 25.1 Å². The highest BCUT2D eigenvalue weighted by atomic mass is 35.5. The summed E-state index contributed by atoms with van der Waals surface area (Å²) in [5.41, 5.74) is 5.34. The van der Waals surface area contributed by atoms with Crippen LogP contribution in [0.15, 0.2) is 11.2 Å². The number of fused-ring (bicyclic) bond motifs is 1. The molecule has 1 fully saturated rings. The van der Waals surface area contributed by atoms with Crippen molar-refractivity contribution in [3.05, 3.63) is 21.7 Å². The van der Waals surface area contributed by atoms with Gasteiger partial charge >= 0.3 is 0 Å². The number of nitrogens with zero attached hydrogens (tertiary/aromatic N) is 2. The maximum atomic E-state index is 6.39. The topological polar surface area (TPSA) is 46.1 Å². The summed E-state index contributed by atoms with van der Waals surface area (Å²) in [5.74, 6) is 1.32. The van der Waals surface area contributed by atoms with Crippen LogP contribution in [0.1, 0.15) is 18.0 Å². The summed E-state index contributed by atoms with van der Waals surface area (Å²) in [5, 5.41) is 5.36. The molecule has 0 radical (unpaired) electrons. The first-order valence-corrected chi connectivity index (χ1v) is 7.92. The fourth-order valence-corrected chi connectivity index (χ4v) is 3.92. The number of ether oxygens (including phenoxy) is 2. The van der Waals surface area contributed by atoms with Crippen molar-refractivity contribution in [2.45, 2.75) is 12.5 Å². The van der Waals surface area contributed by atoms with E-state index in [1.54, 1.807) is 7.11 Å². The number of benzene rings is 1. The van der Waals surface area contributed by atoms with E-state index in [4.69, 9.17) is 32.7 Å². The van der Waals surface area contributed by atoms with Gasteiger partial charge in [-0.1, -0.05) is 23.2 Å². The van der Waals surface area contributed by atoms with Crippen LogP contribution in [0.25, 0.3) is 0 Å². The van der Waals surface area contributed by atoms with Crippen LogP contribution in [0.2, 0.25) is 10.0 Å². The van der Waals surface area contributed by atoms with E-state index in [9.17, 15) is 0 Å². The first-order valence-electron chi connectivity index (χ1n) is 7.17. The summed E-state index contributed by atoms with van der Waals surface area (Å²) in [6.07, 6.45) is 0.977. The lowest BCUT2D eigenvalue weighted by atomic mass is 9.86. The van der Waals surface area contributed by atoms with Gasteiger partial charge in [-0.2, -0.15) is 5.10 Å². The summed E-state index contributed by atoms with van der Waals surface area (Å²) >= 11 is 12.7. The van der Waals surface area contributed by atoms with Gasteiger partial charge in [0.05, 0.1) is 25.3 Å². The molecule has 22 heavy (non-hydrogen) atoms. The van der Waals surface area contributed by atoms with E-state index in [0.29, 0.717) is 27.5 Å². The predicted molar refractivity (Wildman–Crippen MR) is 88.5 cm³/mol. The smallest absolute Gasteiger partial charge is 0.159 e. The fraction of sp³-hybridized carbons (Fsp3) is 0.533. The molecule has 2 aliphatic rings. The van der Waals surface area contributed by atoms with Crippen LogP contribution in [-0.4, -0.2) is 45.0 Å². The molecule has 1 N–H and O–H groups in total. The molecule has 2 unspecified atom stereocenters. The second-order valence-electron chi connectivity index (χ2n) is 5.66. The summed E-state index contributed by atoms with van der Waals surface area (Å²) in [7, 11) is 5.26. The van der Waals surface area contributed by atoms with Crippen LogP contribution >= 0.6 is 23.2 Å². The van der Waals surface area contributed by atoms with Crippen molar-refractivity contribution in [1.29, 1.82) is 0 Å². The lowest BCUT2D eigenvalue weighted by molar-refractivity contribution is 0.270. The summed E-state index contributed by atoms with van der Waals surface area (Å²) < 4.78 is 10.8. The molecule has 0 spiro atoms. The van der Waals surface area contributed by atoms with E-state index in [2.05, 4.69) is 22.5 Å². The van der Waals surface area contributed by atoms with Gasteiger partial charge in [-0.05, 0) is 13.1 Å². The molecule has 0 aromatic heterocycles. The Kier molecular flexibility index (Phi) is 4.39. The number of halogens is 2. The molecule has 3 rings (SSSR count). The van der Waals surface area contributed by atoms with Gasteiger partial charge in [-0.15, -0.1) is 0 Å². The summed E-state index contributed by atoms with van der Waals surface area (Å²) in [6.45, 7) is 1.98. The number of hydrazone groups is 1. The number of methoxy groups -OCH3 is 2. The highest BCUT2D eigenvalue weighted by Crippen LogP contribution is 2.46. The molecule has 2 heterocycles. The van der Waals surface area contributed by atoms with Gasteiger partial charge in [0, 0.05) is 36.7 Å². The third-order valence-corrected chi connectivity index (χ3v) is 4.96. The number of likely N-dealkylation sites (tertiary alicyclic amines) is 1. The minimum absolute atomic E-state index is 0.00797. The van der Waals surface area contributed by atoms with Crippen molar-refractivity contribution < 1.29 is 9.47 Å². The average molecular weight is 344 g/mol. The molecule has 0 saturated carbocycles. The van der Waals surface area contributed by atoms with Crippen molar-refractivity contribution in [3.8, 4) is 11.5 Å². The largest absolute Gasteiger partial charge is 0.495 e. The molecule has 0 bridgehead atoms. The molecule has 120 valence electrons. The van der Waals surface area contributed by atoms with Gasteiger partial charge in [0.25, 0.3) is 0 Å². The second kappa shape index (κ2) is 6.14. The molecule has 7 heteroatoms. The molecular formula is C15H19Cl2N3O2. The maximum Gasteiger partial charge on any atom is 0.159 e. The average Bonchev–Trinajstić information content (AvgIpc) is 2.90. The minimum Gasteiger partial charge on any atom is -0.495 e. The SMILES string of the molecule is COc1c(Cl)cc(C2NN=C3CCN(C)CC32)c(OC)c1Cl. The maximum absolute atomic E-state index is 6.39. The Balaban J connectivity index is 2.02. The van der Waals surface area contributed by atoms with E-state index in [1.807, 2.05) is 6.07 Å². The molecule has 5 nitrogen and oxygen atoms in total. The molecule has 2 aliphatic heterocycles. The summed E-state index contributed by atoms with van der Waals surface area (Å²) in [4.78, 5) is 2.31. The Morgan fingerprint density at radius 1 is 1.27 bits per heavy atom. The zero-order valence-electron chi connectivity index (χ0n) is 12.8. The van der Waals surface area contributed by atoms with Gasteiger partial charge in [0.2, 0.25) is 0 Å². The van der Waals surface area contributed by atoms with Gasteiger partial charge in [-0.25, -0.2) is 0 Å². The molecule has 1 saturated heterocycles. The van der Waals surface area contributed by atoms with Gasteiger partial charge < -0.3 is 19.8 Å². The van der Waals surface area contributed by atoms with Crippen LogP contribution in [0, 0.1) is 5.92 Å². The number of hydrogen-bond donors (Lipinski definition) is 1. The Morgan fingerprint density at radius 3 is 2.68 bits per heavy atom.